The third kappa shape index (κ3) is 16.8. The molecule has 0 rings (SSSR count). The topological polar surface area (TPSA) is 63.2 Å². The third-order valence-electron chi connectivity index (χ3n) is 3.77. The van der Waals surface area contributed by atoms with Crippen molar-refractivity contribution in [3.05, 3.63) is 0 Å². The Morgan fingerprint density at radius 3 is 1.62 bits per heavy atom. The zero-order valence-electron chi connectivity index (χ0n) is 17.6. The van der Waals surface area contributed by atoms with Crippen molar-refractivity contribution in [1.29, 1.82) is 0 Å². The summed E-state index contributed by atoms with van der Waals surface area (Å²) in [6.07, 6.45) is 4.77. The number of esters is 1. The van der Waals surface area contributed by atoms with E-state index in [1.807, 2.05) is 27.7 Å². The molecule has 0 aromatic rings. The first kappa shape index (κ1) is 25.3. The van der Waals surface area contributed by atoms with E-state index in [9.17, 15) is 4.79 Å². The number of hydrogen-bond donors (Lipinski definition) is 0. The average Bonchev–Trinajstić information content (AvgIpc) is 2.60. The van der Waals surface area contributed by atoms with Crippen LogP contribution in [0.25, 0.3) is 0 Å². The van der Waals surface area contributed by atoms with E-state index in [0.29, 0.717) is 19.8 Å². The Morgan fingerprint density at radius 1 is 0.692 bits per heavy atom. The molecule has 0 amide bonds. The van der Waals surface area contributed by atoms with E-state index in [-0.39, 0.29) is 37.0 Å². The Morgan fingerprint density at radius 2 is 1.15 bits per heavy atom. The molecular formula is C20H40O6. The summed E-state index contributed by atoms with van der Waals surface area (Å²) in [6.45, 7) is 14.0. The quantitative estimate of drug-likeness (QED) is 0.285. The van der Waals surface area contributed by atoms with Gasteiger partial charge in [0, 0.05) is 13.5 Å². The van der Waals surface area contributed by atoms with Crippen LogP contribution >= 0.6 is 0 Å². The highest BCUT2D eigenvalue weighted by atomic mass is 16.6. The van der Waals surface area contributed by atoms with Crippen LogP contribution in [0.15, 0.2) is 0 Å². The second-order valence-corrected chi connectivity index (χ2v) is 6.98. The zero-order chi connectivity index (χ0) is 19.8. The van der Waals surface area contributed by atoms with Gasteiger partial charge in [-0.15, -0.1) is 0 Å². The molecule has 6 heteroatoms. The van der Waals surface area contributed by atoms with Crippen LogP contribution in [-0.2, 0) is 28.5 Å². The van der Waals surface area contributed by atoms with Crippen LogP contribution in [0.1, 0.15) is 67.2 Å². The second-order valence-electron chi connectivity index (χ2n) is 6.98. The molecule has 4 unspecified atom stereocenters. The summed E-state index contributed by atoms with van der Waals surface area (Å²) < 4.78 is 27.8. The lowest BCUT2D eigenvalue weighted by Crippen LogP contribution is -2.28. The Labute approximate surface area is 159 Å². The molecule has 0 aliphatic carbocycles. The van der Waals surface area contributed by atoms with Gasteiger partial charge in [-0.05, 0) is 34.1 Å². The van der Waals surface area contributed by atoms with Gasteiger partial charge in [0.1, 0.15) is 6.61 Å². The normalized spacial score (nSPS) is 16.1. The number of hydrogen-bond acceptors (Lipinski definition) is 6. The van der Waals surface area contributed by atoms with E-state index < -0.39 is 0 Å². The van der Waals surface area contributed by atoms with Crippen molar-refractivity contribution in [2.24, 2.45) is 0 Å². The predicted molar refractivity (Wildman–Crippen MR) is 102 cm³/mol. The maximum atomic E-state index is 10.7. The molecule has 0 N–H and O–H groups in total. The van der Waals surface area contributed by atoms with E-state index in [1.54, 1.807) is 0 Å². The molecule has 0 bridgehead atoms. The van der Waals surface area contributed by atoms with Gasteiger partial charge >= 0.3 is 5.97 Å². The summed E-state index contributed by atoms with van der Waals surface area (Å²) in [4.78, 5) is 10.7. The number of carbonyl (C=O) groups excluding carboxylic acids is 1. The molecule has 0 spiro atoms. The summed E-state index contributed by atoms with van der Waals surface area (Å²) in [5.41, 5.74) is 0. The van der Waals surface area contributed by atoms with Gasteiger partial charge < -0.3 is 23.7 Å². The van der Waals surface area contributed by atoms with E-state index in [1.165, 1.54) is 26.2 Å². The molecule has 6 nitrogen and oxygen atoms in total. The van der Waals surface area contributed by atoms with Gasteiger partial charge in [-0.1, -0.05) is 26.2 Å². The summed E-state index contributed by atoms with van der Waals surface area (Å²) >= 11 is 0. The molecule has 4 atom stereocenters. The minimum atomic E-state index is -0.296. The van der Waals surface area contributed by atoms with E-state index in [4.69, 9.17) is 23.7 Å². The molecule has 0 fully saturated rings. The SMILES string of the molecule is CCCCCCOC(C)COC(C)COC(C)COC(C)COC(C)=O. The molecular weight excluding hydrogens is 336 g/mol. The van der Waals surface area contributed by atoms with Crippen LogP contribution in [0, 0.1) is 0 Å². The van der Waals surface area contributed by atoms with E-state index in [2.05, 4.69) is 6.92 Å². The lowest BCUT2D eigenvalue weighted by Gasteiger charge is -2.21. The Bertz CT molecular complexity index is 336. The van der Waals surface area contributed by atoms with Crippen LogP contribution in [0.5, 0.6) is 0 Å². The molecule has 0 radical (unpaired) electrons. The van der Waals surface area contributed by atoms with Crippen molar-refractivity contribution < 1.29 is 28.5 Å². The van der Waals surface area contributed by atoms with Crippen LogP contribution < -0.4 is 0 Å². The van der Waals surface area contributed by atoms with Crippen molar-refractivity contribution in [1.82, 2.24) is 0 Å². The van der Waals surface area contributed by atoms with Gasteiger partial charge in [-0.3, -0.25) is 4.79 Å². The molecule has 0 aromatic carbocycles. The van der Waals surface area contributed by atoms with Gasteiger partial charge in [-0.2, -0.15) is 0 Å². The average molecular weight is 377 g/mol. The van der Waals surface area contributed by atoms with Crippen molar-refractivity contribution in [2.45, 2.75) is 91.6 Å². The first-order chi connectivity index (χ1) is 12.3. The van der Waals surface area contributed by atoms with Crippen LogP contribution in [0.3, 0.4) is 0 Å². The Hall–Kier alpha value is -0.690. The molecule has 0 heterocycles. The lowest BCUT2D eigenvalue weighted by atomic mass is 10.2. The first-order valence-corrected chi connectivity index (χ1v) is 9.94. The monoisotopic (exact) mass is 376 g/mol. The predicted octanol–water partition coefficient (Wildman–Crippen LogP) is 3.75. The molecule has 0 saturated carbocycles. The molecule has 0 aliphatic rings. The van der Waals surface area contributed by atoms with Crippen LogP contribution in [0.2, 0.25) is 0 Å². The maximum Gasteiger partial charge on any atom is 0.302 e. The van der Waals surface area contributed by atoms with Crippen LogP contribution in [-0.4, -0.2) is 63.4 Å². The summed E-state index contributed by atoms with van der Waals surface area (Å²) in [5, 5.41) is 0. The minimum absolute atomic E-state index is 0.00191. The number of rotatable bonds is 17. The molecule has 0 aromatic heterocycles. The highest BCUT2D eigenvalue weighted by molar-refractivity contribution is 5.65. The van der Waals surface area contributed by atoms with Crippen molar-refractivity contribution in [3.8, 4) is 0 Å². The zero-order valence-corrected chi connectivity index (χ0v) is 17.6. The van der Waals surface area contributed by atoms with Crippen molar-refractivity contribution in [3.63, 3.8) is 0 Å². The summed E-state index contributed by atoms with van der Waals surface area (Å²) in [5.74, 6) is -0.296. The Balaban J connectivity index is 3.64. The minimum Gasteiger partial charge on any atom is -0.463 e. The molecule has 26 heavy (non-hydrogen) atoms. The largest absolute Gasteiger partial charge is 0.463 e. The van der Waals surface area contributed by atoms with Gasteiger partial charge in [-0.25, -0.2) is 0 Å². The second kappa shape index (κ2) is 16.5. The highest BCUT2D eigenvalue weighted by Crippen LogP contribution is 2.04. The van der Waals surface area contributed by atoms with Gasteiger partial charge in [0.15, 0.2) is 0 Å². The number of ether oxygens (including phenoxy) is 5. The van der Waals surface area contributed by atoms with Crippen molar-refractivity contribution in [2.75, 3.05) is 33.0 Å². The fourth-order valence-corrected chi connectivity index (χ4v) is 2.14. The smallest absolute Gasteiger partial charge is 0.302 e. The van der Waals surface area contributed by atoms with Crippen molar-refractivity contribution >= 4 is 5.97 Å². The fraction of sp³-hybridized carbons (Fsp3) is 0.950. The molecule has 156 valence electrons. The van der Waals surface area contributed by atoms with Gasteiger partial charge in [0.2, 0.25) is 0 Å². The summed E-state index contributed by atoms with van der Waals surface area (Å²) in [7, 11) is 0. The highest BCUT2D eigenvalue weighted by Gasteiger charge is 2.12. The first-order valence-electron chi connectivity index (χ1n) is 9.94. The molecule has 0 aliphatic heterocycles. The third-order valence-corrected chi connectivity index (χ3v) is 3.77. The lowest BCUT2D eigenvalue weighted by molar-refractivity contribution is -0.146. The van der Waals surface area contributed by atoms with Gasteiger partial charge in [0.25, 0.3) is 0 Å². The maximum absolute atomic E-state index is 10.7. The number of carbonyl (C=O) groups is 1. The van der Waals surface area contributed by atoms with E-state index in [0.717, 1.165) is 13.0 Å². The van der Waals surface area contributed by atoms with Gasteiger partial charge in [0.05, 0.1) is 44.2 Å². The fourth-order valence-electron chi connectivity index (χ4n) is 2.14. The van der Waals surface area contributed by atoms with Crippen LogP contribution in [0.4, 0.5) is 0 Å². The summed E-state index contributed by atoms with van der Waals surface area (Å²) in [6, 6.07) is 0. The van der Waals surface area contributed by atoms with E-state index >= 15 is 0 Å². The molecule has 0 saturated heterocycles. The standard InChI is InChI=1S/C20H40O6/c1-7-8-9-10-11-22-16(2)12-23-17(3)13-24-18(4)14-25-19(5)15-26-20(6)21/h16-19H,7-15H2,1-6H3. The Kier molecular flexibility index (Phi) is 16.0. The number of unbranched alkanes of at least 4 members (excludes halogenated alkanes) is 3.